The number of anilines is 1. The number of thiazole rings is 1. The van der Waals surface area contributed by atoms with Crippen molar-refractivity contribution < 1.29 is 9.90 Å². The van der Waals surface area contributed by atoms with Crippen molar-refractivity contribution in [2.75, 3.05) is 37.6 Å². The minimum atomic E-state index is -0.941. The molecule has 7 heteroatoms. The van der Waals surface area contributed by atoms with E-state index >= 15 is 0 Å². The zero-order valence-electron chi connectivity index (χ0n) is 12.6. The first-order valence-corrected chi connectivity index (χ1v) is 8.41. The quantitative estimate of drug-likeness (QED) is 0.854. The van der Waals surface area contributed by atoms with Crippen LogP contribution in [-0.2, 0) is 4.79 Å². The van der Waals surface area contributed by atoms with Crippen molar-refractivity contribution in [3.8, 4) is 0 Å². The van der Waals surface area contributed by atoms with Crippen LogP contribution in [0.2, 0.25) is 0 Å². The van der Waals surface area contributed by atoms with Gasteiger partial charge < -0.3 is 10.0 Å². The number of hydrogen-bond donors (Lipinski definition) is 1. The highest BCUT2D eigenvalue weighted by Crippen LogP contribution is 2.26. The van der Waals surface area contributed by atoms with Gasteiger partial charge in [0.2, 0.25) is 0 Å². The van der Waals surface area contributed by atoms with Gasteiger partial charge in [0, 0.05) is 43.8 Å². The smallest absolute Gasteiger partial charge is 0.328 e. The highest BCUT2D eigenvalue weighted by atomic mass is 32.1. The third kappa shape index (κ3) is 3.00. The predicted octanol–water partition coefficient (Wildman–Crippen LogP) is 2.03. The fourth-order valence-corrected chi connectivity index (χ4v) is 3.55. The van der Waals surface area contributed by atoms with Gasteiger partial charge in [0.15, 0.2) is 10.8 Å². The van der Waals surface area contributed by atoms with Crippen molar-refractivity contribution in [3.63, 3.8) is 0 Å². The lowest BCUT2D eigenvalue weighted by atomic mass is 10.2. The first-order chi connectivity index (χ1) is 10.7. The maximum absolute atomic E-state index is 10.8. The summed E-state index contributed by atoms with van der Waals surface area (Å²) in [6, 6.07) is 0. The molecule has 3 rings (SSSR count). The molecule has 0 saturated carbocycles. The Balaban J connectivity index is 1.85. The van der Waals surface area contributed by atoms with Crippen LogP contribution in [0.5, 0.6) is 0 Å². The molecule has 0 bridgehead atoms. The predicted molar refractivity (Wildman–Crippen MR) is 88.7 cm³/mol. The molecule has 6 nitrogen and oxygen atoms in total. The number of nitrogens with zero attached hydrogens (tertiary/aromatic N) is 4. The largest absolute Gasteiger partial charge is 0.478 e. The van der Waals surface area contributed by atoms with Crippen LogP contribution < -0.4 is 4.90 Å². The second kappa shape index (κ2) is 6.50. The third-order valence-corrected chi connectivity index (χ3v) is 4.63. The zero-order chi connectivity index (χ0) is 15.5. The van der Waals surface area contributed by atoms with E-state index in [2.05, 4.69) is 16.7 Å². The van der Waals surface area contributed by atoms with E-state index in [4.69, 9.17) is 10.1 Å². The molecule has 1 N–H and O–H groups in total. The van der Waals surface area contributed by atoms with E-state index in [0.717, 1.165) is 49.2 Å². The van der Waals surface area contributed by atoms with Crippen LogP contribution in [0.15, 0.2) is 17.7 Å². The topological polar surface area (TPSA) is 61.1 Å². The van der Waals surface area contributed by atoms with Gasteiger partial charge in [0.1, 0.15) is 0 Å². The summed E-state index contributed by atoms with van der Waals surface area (Å²) in [7, 11) is 0. The normalized spacial score (nSPS) is 16.9. The number of carbonyl (C=O) groups is 1. The number of imidazole rings is 1. The highest BCUT2D eigenvalue weighted by molar-refractivity contribution is 7.15. The van der Waals surface area contributed by atoms with Crippen LogP contribution in [0.3, 0.4) is 0 Å². The van der Waals surface area contributed by atoms with Crippen LogP contribution in [-0.4, -0.2) is 58.1 Å². The van der Waals surface area contributed by atoms with Crippen LogP contribution >= 0.6 is 11.3 Å². The van der Waals surface area contributed by atoms with Crippen LogP contribution in [0.25, 0.3) is 11.0 Å². The molecule has 2 aromatic heterocycles. The van der Waals surface area contributed by atoms with Crippen molar-refractivity contribution in [1.29, 1.82) is 0 Å². The Bertz CT molecular complexity index is 683. The first kappa shape index (κ1) is 15.1. The van der Waals surface area contributed by atoms with E-state index in [1.807, 2.05) is 16.0 Å². The number of aromatic nitrogens is 2. The van der Waals surface area contributed by atoms with Gasteiger partial charge in [0.05, 0.1) is 5.69 Å². The van der Waals surface area contributed by atoms with E-state index in [1.165, 1.54) is 12.5 Å². The van der Waals surface area contributed by atoms with Gasteiger partial charge in [-0.3, -0.25) is 9.30 Å². The van der Waals surface area contributed by atoms with E-state index in [1.54, 1.807) is 17.4 Å². The Hall–Kier alpha value is -1.86. The Morgan fingerprint density at radius 2 is 2.18 bits per heavy atom. The van der Waals surface area contributed by atoms with Crippen LogP contribution in [0, 0.1) is 0 Å². The van der Waals surface area contributed by atoms with Crippen molar-refractivity contribution in [3.05, 3.63) is 23.3 Å². The maximum Gasteiger partial charge on any atom is 0.328 e. The number of fused-ring (bicyclic) bond motifs is 1. The molecular weight excluding hydrogens is 300 g/mol. The van der Waals surface area contributed by atoms with Gasteiger partial charge in [-0.05, 0) is 19.0 Å². The molecule has 3 heterocycles. The van der Waals surface area contributed by atoms with Crippen molar-refractivity contribution in [2.24, 2.45) is 0 Å². The molecule has 0 atom stereocenters. The lowest BCUT2D eigenvalue weighted by Gasteiger charge is -2.35. The Morgan fingerprint density at radius 1 is 1.41 bits per heavy atom. The van der Waals surface area contributed by atoms with Crippen molar-refractivity contribution >= 4 is 34.2 Å². The zero-order valence-corrected chi connectivity index (χ0v) is 13.4. The molecule has 118 valence electrons. The summed E-state index contributed by atoms with van der Waals surface area (Å²) in [5.41, 5.74) is 0.850. The van der Waals surface area contributed by atoms with Crippen LogP contribution in [0.1, 0.15) is 19.0 Å². The molecule has 1 saturated heterocycles. The second-order valence-corrected chi connectivity index (χ2v) is 6.25. The van der Waals surface area contributed by atoms with E-state index in [9.17, 15) is 4.79 Å². The number of piperazine rings is 1. The molecule has 0 amide bonds. The minimum absolute atomic E-state index is 0.850. The lowest BCUT2D eigenvalue weighted by Crippen LogP contribution is -2.46. The molecule has 22 heavy (non-hydrogen) atoms. The van der Waals surface area contributed by atoms with Crippen molar-refractivity contribution in [1.82, 2.24) is 14.3 Å². The summed E-state index contributed by atoms with van der Waals surface area (Å²) in [5, 5.41) is 10.9. The van der Waals surface area contributed by atoms with Gasteiger partial charge in [-0.1, -0.05) is 6.92 Å². The van der Waals surface area contributed by atoms with Crippen LogP contribution in [0.4, 0.5) is 5.82 Å². The molecule has 2 aromatic rings. The number of rotatable bonds is 5. The van der Waals surface area contributed by atoms with Gasteiger partial charge in [-0.25, -0.2) is 9.78 Å². The maximum atomic E-state index is 10.8. The number of carboxylic acid groups (broad SMARTS) is 1. The molecule has 0 aliphatic carbocycles. The summed E-state index contributed by atoms with van der Waals surface area (Å²) >= 11 is 1.56. The molecule has 0 spiro atoms. The summed E-state index contributed by atoms with van der Waals surface area (Å²) in [4.78, 5) is 21.1. The Morgan fingerprint density at radius 3 is 2.86 bits per heavy atom. The standard InChI is InChI=1S/C15H20N4O2S/c1-2-5-17-6-8-18(9-7-17)14-12(3-4-13(20)21)19-10-11-22-15(19)16-14/h3-4,10-11H,2,5-9H2,1H3,(H,20,21). The first-order valence-electron chi connectivity index (χ1n) is 7.53. The van der Waals surface area contributed by atoms with Gasteiger partial charge in [-0.2, -0.15) is 0 Å². The van der Waals surface area contributed by atoms with E-state index in [0.29, 0.717) is 0 Å². The van der Waals surface area contributed by atoms with E-state index < -0.39 is 5.97 Å². The number of aliphatic carboxylic acids is 1. The SMILES string of the molecule is CCCN1CCN(c2nc3sccn3c2C=CC(=O)O)CC1. The van der Waals surface area contributed by atoms with E-state index in [-0.39, 0.29) is 0 Å². The molecular formula is C15H20N4O2S. The molecule has 0 radical (unpaired) electrons. The average molecular weight is 320 g/mol. The molecule has 1 aliphatic heterocycles. The summed E-state index contributed by atoms with van der Waals surface area (Å²) < 4.78 is 1.96. The molecule has 1 aliphatic rings. The van der Waals surface area contributed by atoms with Gasteiger partial charge in [-0.15, -0.1) is 11.3 Å². The molecule has 0 aromatic carbocycles. The average Bonchev–Trinajstić information content (AvgIpc) is 3.07. The lowest BCUT2D eigenvalue weighted by molar-refractivity contribution is -0.131. The fourth-order valence-electron chi connectivity index (χ4n) is 2.83. The van der Waals surface area contributed by atoms with Gasteiger partial charge >= 0.3 is 5.97 Å². The number of carboxylic acids is 1. The summed E-state index contributed by atoms with van der Waals surface area (Å²) in [6.45, 7) is 7.25. The minimum Gasteiger partial charge on any atom is -0.478 e. The fraction of sp³-hybridized carbons (Fsp3) is 0.467. The Labute approximate surface area is 133 Å². The van der Waals surface area contributed by atoms with Gasteiger partial charge in [0.25, 0.3) is 0 Å². The Kier molecular flexibility index (Phi) is 4.44. The highest BCUT2D eigenvalue weighted by Gasteiger charge is 2.22. The number of hydrogen-bond acceptors (Lipinski definition) is 5. The summed E-state index contributed by atoms with van der Waals surface area (Å²) in [6.07, 6.45) is 5.93. The molecule has 1 fully saturated rings. The van der Waals surface area contributed by atoms with Crippen molar-refractivity contribution in [2.45, 2.75) is 13.3 Å². The third-order valence-electron chi connectivity index (χ3n) is 3.88. The molecule has 0 unspecified atom stereocenters. The monoisotopic (exact) mass is 320 g/mol. The second-order valence-electron chi connectivity index (χ2n) is 5.38. The summed E-state index contributed by atoms with van der Waals surface area (Å²) in [5.74, 6) is -0.0515.